The number of halogens is 1. The van der Waals surface area contributed by atoms with Crippen molar-refractivity contribution in [2.45, 2.75) is 13.8 Å². The first-order valence-corrected chi connectivity index (χ1v) is 12.3. The first-order valence-electron chi connectivity index (χ1n) is 10.1. The van der Waals surface area contributed by atoms with E-state index in [4.69, 9.17) is 16.3 Å². The number of nitrogens with zero attached hydrogens (tertiary/aromatic N) is 2. The van der Waals surface area contributed by atoms with Gasteiger partial charge in [-0.3, -0.25) is 14.5 Å². The van der Waals surface area contributed by atoms with Crippen LogP contribution in [-0.2, 0) is 4.79 Å². The van der Waals surface area contributed by atoms with E-state index < -0.39 is 0 Å². The van der Waals surface area contributed by atoms with Gasteiger partial charge in [-0.05, 0) is 73.0 Å². The topological polar surface area (TPSA) is 59.0 Å². The number of anilines is 1. The zero-order valence-electron chi connectivity index (χ0n) is 18.3. The summed E-state index contributed by atoms with van der Waals surface area (Å²) in [5, 5.41) is 0.473. The zero-order valence-corrected chi connectivity index (χ0v) is 20.7. The van der Waals surface area contributed by atoms with Gasteiger partial charge in [0.25, 0.3) is 5.91 Å². The van der Waals surface area contributed by atoms with Crippen molar-refractivity contribution >= 4 is 63.3 Å². The van der Waals surface area contributed by atoms with Gasteiger partial charge in [-0.25, -0.2) is 4.99 Å². The van der Waals surface area contributed by atoms with Crippen LogP contribution in [0.2, 0.25) is 4.34 Å². The Labute approximate surface area is 205 Å². The van der Waals surface area contributed by atoms with Gasteiger partial charge in [0.15, 0.2) is 11.0 Å². The maximum Gasteiger partial charge on any atom is 0.283 e. The van der Waals surface area contributed by atoms with Crippen LogP contribution in [-0.4, -0.2) is 29.7 Å². The fourth-order valence-electron chi connectivity index (χ4n) is 3.42. The van der Waals surface area contributed by atoms with Crippen LogP contribution >= 0.6 is 34.7 Å². The fourth-order valence-corrected chi connectivity index (χ4v) is 5.39. The van der Waals surface area contributed by atoms with E-state index in [0.717, 1.165) is 28.1 Å². The number of ketones is 1. The van der Waals surface area contributed by atoms with E-state index >= 15 is 0 Å². The predicted molar refractivity (Wildman–Crippen MR) is 138 cm³/mol. The molecule has 168 valence electrons. The molecule has 2 aromatic carbocycles. The number of aryl methyl sites for hydroxylation is 2. The van der Waals surface area contributed by atoms with Crippen molar-refractivity contribution in [2.24, 2.45) is 4.99 Å². The highest BCUT2D eigenvalue weighted by molar-refractivity contribution is 8.14. The molecular weight excluding hydrogens is 476 g/mol. The number of hydrogen-bond donors (Lipinski definition) is 0. The lowest BCUT2D eigenvalue weighted by Crippen LogP contribution is -2.31. The molecule has 1 aliphatic heterocycles. The number of ether oxygens (including phenoxy) is 1. The Bertz CT molecular complexity index is 1260. The number of rotatable bonds is 6. The van der Waals surface area contributed by atoms with E-state index in [0.29, 0.717) is 20.1 Å². The summed E-state index contributed by atoms with van der Waals surface area (Å²) in [5.74, 6) is 0.601. The van der Waals surface area contributed by atoms with Crippen LogP contribution in [0.1, 0.15) is 26.4 Å². The fraction of sp³-hybridized carbons (Fsp3) is 0.160. The Morgan fingerprint density at radius 1 is 1.12 bits per heavy atom. The second-order valence-electron chi connectivity index (χ2n) is 7.50. The van der Waals surface area contributed by atoms with Crippen molar-refractivity contribution in [1.29, 1.82) is 0 Å². The van der Waals surface area contributed by atoms with Gasteiger partial charge in [-0.2, -0.15) is 0 Å². The number of thiophene rings is 1. The van der Waals surface area contributed by atoms with Crippen molar-refractivity contribution in [1.82, 2.24) is 0 Å². The van der Waals surface area contributed by atoms with Gasteiger partial charge >= 0.3 is 0 Å². The molecule has 4 rings (SSSR count). The van der Waals surface area contributed by atoms with Gasteiger partial charge in [0.05, 0.1) is 27.8 Å². The molecule has 0 fully saturated rings. The third kappa shape index (κ3) is 5.38. The summed E-state index contributed by atoms with van der Waals surface area (Å²) in [6, 6.07) is 16.8. The minimum absolute atomic E-state index is 0.0556. The first-order chi connectivity index (χ1) is 15.8. The lowest BCUT2D eigenvalue weighted by molar-refractivity contribution is -0.113. The average Bonchev–Trinajstić information content (AvgIpc) is 3.35. The summed E-state index contributed by atoms with van der Waals surface area (Å²) >= 11 is 8.46. The summed E-state index contributed by atoms with van der Waals surface area (Å²) in [4.78, 5) is 32.8. The molecule has 33 heavy (non-hydrogen) atoms. The van der Waals surface area contributed by atoms with Crippen molar-refractivity contribution in [3.8, 4) is 5.75 Å². The number of amides is 1. The maximum atomic E-state index is 13.4. The quantitative estimate of drug-likeness (QED) is 0.293. The largest absolute Gasteiger partial charge is 0.497 e. The maximum absolute atomic E-state index is 13.4. The van der Waals surface area contributed by atoms with Gasteiger partial charge in [-0.1, -0.05) is 41.6 Å². The van der Waals surface area contributed by atoms with Crippen molar-refractivity contribution in [3.05, 3.63) is 86.2 Å². The van der Waals surface area contributed by atoms with E-state index in [1.807, 2.05) is 56.3 Å². The lowest BCUT2D eigenvalue weighted by atomic mass is 10.1. The summed E-state index contributed by atoms with van der Waals surface area (Å²) in [5.41, 5.74) is 3.96. The van der Waals surface area contributed by atoms with E-state index in [9.17, 15) is 9.59 Å². The predicted octanol–water partition coefficient (Wildman–Crippen LogP) is 6.39. The van der Waals surface area contributed by atoms with Gasteiger partial charge in [-0.15, -0.1) is 11.3 Å². The van der Waals surface area contributed by atoms with Crippen LogP contribution in [0.15, 0.2) is 65.3 Å². The number of hydrogen-bond acceptors (Lipinski definition) is 6. The number of Topliss-reactive ketones (excluding diaryl/α,β-unsaturated/α-hetero) is 1. The van der Waals surface area contributed by atoms with E-state index in [2.05, 4.69) is 4.99 Å². The highest BCUT2D eigenvalue weighted by Gasteiger charge is 2.32. The molecule has 0 saturated carbocycles. The molecule has 1 aromatic heterocycles. The summed E-state index contributed by atoms with van der Waals surface area (Å²) in [6.45, 7) is 3.97. The van der Waals surface area contributed by atoms with Crippen LogP contribution in [0.5, 0.6) is 5.75 Å². The van der Waals surface area contributed by atoms with Crippen LogP contribution < -0.4 is 9.64 Å². The molecule has 8 heteroatoms. The van der Waals surface area contributed by atoms with Gasteiger partial charge in [0.1, 0.15) is 11.4 Å². The highest BCUT2D eigenvalue weighted by atomic mass is 35.5. The normalized spacial score (nSPS) is 14.7. The molecule has 3 aromatic rings. The Hall–Kier alpha value is -2.87. The second-order valence-corrected chi connectivity index (χ2v) is 10.2. The van der Waals surface area contributed by atoms with E-state index in [1.54, 1.807) is 30.2 Å². The number of thioether (sulfide) groups is 1. The smallest absolute Gasteiger partial charge is 0.283 e. The molecule has 1 aliphatic rings. The Morgan fingerprint density at radius 3 is 2.42 bits per heavy atom. The monoisotopic (exact) mass is 496 g/mol. The summed E-state index contributed by atoms with van der Waals surface area (Å²) in [7, 11) is 1.61. The van der Waals surface area contributed by atoms with Gasteiger partial charge in [0, 0.05) is 0 Å². The van der Waals surface area contributed by atoms with Gasteiger partial charge < -0.3 is 4.74 Å². The minimum atomic E-state index is -0.232. The highest BCUT2D eigenvalue weighted by Crippen LogP contribution is 2.32. The Balaban J connectivity index is 1.65. The molecule has 0 spiro atoms. The molecule has 1 amide bonds. The molecule has 0 saturated heterocycles. The van der Waals surface area contributed by atoms with Crippen LogP contribution in [0.4, 0.5) is 5.69 Å². The molecular formula is C25H21ClN2O3S2. The molecule has 0 aliphatic carbocycles. The second kappa shape index (κ2) is 9.95. The third-order valence-electron chi connectivity index (χ3n) is 4.89. The number of carbonyl (C=O) groups is 2. The lowest BCUT2D eigenvalue weighted by Gasteiger charge is -2.19. The average molecular weight is 497 g/mol. The number of benzene rings is 2. The molecule has 0 atom stereocenters. The van der Waals surface area contributed by atoms with Crippen LogP contribution in [0.25, 0.3) is 6.08 Å². The number of methoxy groups -OCH3 is 1. The summed E-state index contributed by atoms with van der Waals surface area (Å²) in [6.07, 6.45) is 1.74. The van der Waals surface area contributed by atoms with Crippen molar-refractivity contribution in [3.63, 3.8) is 0 Å². The molecule has 5 nitrogen and oxygen atoms in total. The van der Waals surface area contributed by atoms with Gasteiger partial charge in [0.2, 0.25) is 0 Å². The number of amidine groups is 1. The Kier molecular flexibility index (Phi) is 7.02. The SMILES string of the molecule is COc1ccc(/C=C2\N=C(SCC(=O)c3ccc(Cl)s3)N(c3cc(C)cc(C)c3)C2=O)cc1. The zero-order chi connectivity index (χ0) is 23.5. The standard InChI is InChI=1S/C25H21ClN2O3S2/c1-15-10-16(2)12-18(11-15)28-24(30)20(13-17-4-6-19(31-3)7-5-17)27-25(28)32-14-21(29)22-8-9-23(26)33-22/h4-13H,14H2,1-3H3/b20-13-. The molecule has 0 bridgehead atoms. The number of aliphatic imine (C=N–C) groups is 1. The minimum Gasteiger partial charge on any atom is -0.497 e. The summed E-state index contributed by atoms with van der Waals surface area (Å²) < 4.78 is 5.77. The number of carbonyl (C=O) groups excluding carboxylic acids is 2. The molecule has 2 heterocycles. The molecule has 0 N–H and O–H groups in total. The Morgan fingerprint density at radius 2 is 1.82 bits per heavy atom. The molecule has 0 unspecified atom stereocenters. The van der Waals surface area contributed by atoms with Crippen molar-refractivity contribution in [2.75, 3.05) is 17.8 Å². The van der Waals surface area contributed by atoms with Crippen molar-refractivity contribution < 1.29 is 14.3 Å². The van der Waals surface area contributed by atoms with Crippen LogP contribution in [0.3, 0.4) is 0 Å². The van der Waals surface area contributed by atoms with E-state index in [-0.39, 0.29) is 17.4 Å². The third-order valence-corrected chi connectivity index (χ3v) is 7.10. The first kappa shape index (κ1) is 23.3. The van der Waals surface area contributed by atoms with Crippen LogP contribution in [0, 0.1) is 13.8 Å². The van der Waals surface area contributed by atoms with E-state index in [1.165, 1.54) is 23.1 Å². The molecule has 0 radical (unpaired) electrons.